The van der Waals surface area contributed by atoms with Gasteiger partial charge in [0.1, 0.15) is 0 Å². The van der Waals surface area contributed by atoms with Crippen molar-refractivity contribution in [1.29, 1.82) is 0 Å². The second-order valence-electron chi connectivity index (χ2n) is 5.89. The predicted octanol–water partition coefficient (Wildman–Crippen LogP) is 5.08. The van der Waals surface area contributed by atoms with Crippen molar-refractivity contribution in [2.75, 3.05) is 5.84 Å². The van der Waals surface area contributed by atoms with Crippen molar-refractivity contribution in [1.82, 2.24) is 14.5 Å². The summed E-state index contributed by atoms with van der Waals surface area (Å²) >= 11 is 17.1. The molecule has 0 aliphatic rings. The molecule has 3 aromatic rings. The fourth-order valence-corrected chi connectivity index (χ4v) is 3.33. The quantitative estimate of drug-likeness (QED) is 0.252. The summed E-state index contributed by atoms with van der Waals surface area (Å²) in [6.07, 6.45) is -4.71. The van der Waals surface area contributed by atoms with Crippen molar-refractivity contribution in [3.8, 4) is 11.4 Å². The number of alkyl halides is 3. The van der Waals surface area contributed by atoms with E-state index in [1.54, 1.807) is 12.1 Å². The third-order valence-corrected chi connectivity index (χ3v) is 4.76. The minimum absolute atomic E-state index is 0.00899. The molecule has 2 N–H and O–H groups in total. The minimum Gasteiger partial charge on any atom is -0.335 e. The second-order valence-corrected chi connectivity index (χ2v) is 7.13. The van der Waals surface area contributed by atoms with E-state index >= 15 is 0 Å². The summed E-state index contributed by atoms with van der Waals surface area (Å²) in [6, 6.07) is 6.82. The Balaban J connectivity index is 2.06. The first kappa shape index (κ1) is 21.1. The van der Waals surface area contributed by atoms with E-state index in [9.17, 15) is 23.3 Å². The molecule has 13 heteroatoms. The van der Waals surface area contributed by atoms with Crippen LogP contribution in [0.4, 0.5) is 18.9 Å². The van der Waals surface area contributed by atoms with Gasteiger partial charge < -0.3 is 5.84 Å². The van der Waals surface area contributed by atoms with Gasteiger partial charge in [-0.05, 0) is 42.5 Å². The van der Waals surface area contributed by atoms with Crippen molar-refractivity contribution in [3.05, 3.63) is 72.5 Å². The van der Waals surface area contributed by atoms with Crippen molar-refractivity contribution >= 4 is 41.1 Å². The smallest absolute Gasteiger partial charge is 0.335 e. The van der Waals surface area contributed by atoms with Gasteiger partial charge >= 0.3 is 6.18 Å². The van der Waals surface area contributed by atoms with Gasteiger partial charge in [-0.1, -0.05) is 23.2 Å². The number of nitro benzene ring substituents is 1. The Morgan fingerprint density at radius 3 is 2.34 bits per heavy atom. The highest BCUT2D eigenvalue weighted by atomic mass is 35.5. The minimum atomic E-state index is -4.71. The molecule has 1 heterocycles. The molecule has 0 atom stereocenters. The van der Waals surface area contributed by atoms with Gasteiger partial charge in [-0.25, -0.2) is 9.36 Å². The van der Waals surface area contributed by atoms with E-state index in [1.165, 1.54) is 6.07 Å². The molecule has 3 rings (SSSR count). The molecule has 1 aromatic heterocycles. The summed E-state index contributed by atoms with van der Waals surface area (Å²) in [5.41, 5.74) is -1.42. The van der Waals surface area contributed by atoms with Crippen molar-refractivity contribution < 1.29 is 18.1 Å². The Labute approximate surface area is 176 Å². The lowest BCUT2D eigenvalue weighted by molar-refractivity contribution is -0.385. The maximum atomic E-state index is 12.9. The summed E-state index contributed by atoms with van der Waals surface area (Å²) in [7, 11) is 0. The van der Waals surface area contributed by atoms with E-state index in [2.05, 4.69) is 5.10 Å². The second kappa shape index (κ2) is 7.65. The Kier molecular flexibility index (Phi) is 5.57. The predicted molar refractivity (Wildman–Crippen MR) is 104 cm³/mol. The first-order valence-corrected chi connectivity index (χ1v) is 8.89. The van der Waals surface area contributed by atoms with E-state index in [0.717, 1.165) is 21.5 Å². The third-order valence-electron chi connectivity index (χ3n) is 3.92. The zero-order chi connectivity index (χ0) is 21.5. The number of rotatable bonds is 4. The van der Waals surface area contributed by atoms with Crippen LogP contribution in [-0.2, 0) is 12.7 Å². The van der Waals surface area contributed by atoms with Crippen molar-refractivity contribution in [2.45, 2.75) is 12.7 Å². The SMILES string of the molecule is Nn1c(-c2cc(Cl)cc(Cl)c2)nn(Cc2ccc(C(F)(F)F)cc2[N+](=O)[O-])c1=S. The van der Waals surface area contributed by atoms with Gasteiger partial charge in [0, 0.05) is 21.7 Å². The fraction of sp³-hybridized carbons (Fsp3) is 0.125. The van der Waals surface area contributed by atoms with Crippen LogP contribution in [0.1, 0.15) is 11.1 Å². The Hall–Kier alpha value is -2.63. The van der Waals surface area contributed by atoms with Crippen LogP contribution in [0.5, 0.6) is 0 Å². The van der Waals surface area contributed by atoms with Crippen LogP contribution in [0.3, 0.4) is 0 Å². The third kappa shape index (κ3) is 4.36. The number of nitrogens with zero attached hydrogens (tertiary/aromatic N) is 4. The number of hydrogen-bond acceptors (Lipinski definition) is 5. The van der Waals surface area contributed by atoms with Crippen LogP contribution < -0.4 is 5.84 Å². The Morgan fingerprint density at radius 1 is 1.17 bits per heavy atom. The lowest BCUT2D eigenvalue weighted by Crippen LogP contribution is -2.12. The van der Waals surface area contributed by atoms with E-state index in [4.69, 9.17) is 41.3 Å². The highest BCUT2D eigenvalue weighted by Crippen LogP contribution is 2.33. The van der Waals surface area contributed by atoms with Gasteiger partial charge in [-0.15, -0.1) is 5.10 Å². The monoisotopic (exact) mass is 463 g/mol. The first-order valence-electron chi connectivity index (χ1n) is 7.73. The molecule has 0 saturated heterocycles. The van der Waals surface area contributed by atoms with Crippen LogP contribution in [-0.4, -0.2) is 19.4 Å². The average molecular weight is 464 g/mol. The van der Waals surface area contributed by atoms with Gasteiger partial charge in [-0.2, -0.15) is 13.2 Å². The lowest BCUT2D eigenvalue weighted by Gasteiger charge is -2.09. The highest BCUT2D eigenvalue weighted by molar-refractivity contribution is 7.71. The van der Waals surface area contributed by atoms with Crippen LogP contribution in [0, 0.1) is 14.9 Å². The van der Waals surface area contributed by atoms with Crippen molar-refractivity contribution in [3.63, 3.8) is 0 Å². The highest BCUT2D eigenvalue weighted by Gasteiger charge is 2.33. The number of benzene rings is 2. The van der Waals surface area contributed by atoms with Crippen LogP contribution >= 0.6 is 35.4 Å². The first-order chi connectivity index (χ1) is 13.5. The summed E-state index contributed by atoms with van der Waals surface area (Å²) in [5, 5.41) is 16.1. The molecule has 152 valence electrons. The molecule has 0 saturated carbocycles. The topological polar surface area (TPSA) is 91.9 Å². The molecule has 0 unspecified atom stereocenters. The standard InChI is InChI=1S/C16H10Cl2F3N5O2S/c17-11-3-9(4-12(18)6-11)14-23-24(15(29)25(14)22)7-8-1-2-10(16(19,20)21)5-13(8)26(27)28/h1-6H,7,22H2. The summed E-state index contributed by atoms with van der Waals surface area (Å²) in [6.45, 7) is -0.265. The van der Waals surface area contributed by atoms with E-state index in [1.807, 2.05) is 0 Å². The lowest BCUT2D eigenvalue weighted by atomic mass is 10.1. The molecule has 0 radical (unpaired) electrons. The van der Waals surface area contributed by atoms with E-state index in [-0.39, 0.29) is 22.7 Å². The van der Waals surface area contributed by atoms with Gasteiger partial charge in [0.15, 0.2) is 5.82 Å². The van der Waals surface area contributed by atoms with Gasteiger partial charge in [-0.3, -0.25) is 10.1 Å². The molecule has 0 aliphatic carbocycles. The molecule has 0 amide bonds. The number of hydrogen-bond donors (Lipinski definition) is 1. The zero-order valence-electron chi connectivity index (χ0n) is 14.2. The number of nitro groups is 1. The molecular weight excluding hydrogens is 454 g/mol. The number of nitrogens with two attached hydrogens (primary N) is 1. The van der Waals surface area contributed by atoms with Gasteiger partial charge in [0.2, 0.25) is 4.77 Å². The molecule has 0 fully saturated rings. The molecule has 0 aliphatic heterocycles. The van der Waals surface area contributed by atoms with Crippen molar-refractivity contribution in [2.24, 2.45) is 0 Å². The maximum Gasteiger partial charge on any atom is 0.416 e. The number of nitrogen functional groups attached to an aromatic ring is 1. The Morgan fingerprint density at radius 2 is 1.79 bits per heavy atom. The molecule has 29 heavy (non-hydrogen) atoms. The van der Waals surface area contributed by atoms with Crippen LogP contribution in [0.2, 0.25) is 10.0 Å². The maximum absolute atomic E-state index is 12.9. The molecule has 2 aromatic carbocycles. The van der Waals surface area contributed by atoms with E-state index in [0.29, 0.717) is 21.7 Å². The van der Waals surface area contributed by atoms with E-state index < -0.39 is 22.4 Å². The molecule has 0 spiro atoms. The number of aromatic nitrogens is 3. The molecule has 7 nitrogen and oxygen atoms in total. The average Bonchev–Trinajstić information content (AvgIpc) is 2.88. The fourth-order valence-electron chi connectivity index (χ4n) is 2.61. The Bertz CT molecular complexity index is 1160. The largest absolute Gasteiger partial charge is 0.416 e. The normalized spacial score (nSPS) is 11.6. The molecule has 0 bridgehead atoms. The molecular formula is C16H10Cl2F3N5O2S. The summed E-state index contributed by atoms with van der Waals surface area (Å²) in [5.74, 6) is 6.10. The van der Waals surface area contributed by atoms with Gasteiger partial charge in [0.25, 0.3) is 5.69 Å². The zero-order valence-corrected chi connectivity index (χ0v) is 16.5. The van der Waals surface area contributed by atoms with Crippen LogP contribution in [0.25, 0.3) is 11.4 Å². The summed E-state index contributed by atoms with van der Waals surface area (Å²) in [4.78, 5) is 10.4. The number of halogens is 5. The van der Waals surface area contributed by atoms with Gasteiger partial charge in [0.05, 0.1) is 22.6 Å². The summed E-state index contributed by atoms with van der Waals surface area (Å²) < 4.78 is 40.8. The van der Waals surface area contributed by atoms with Crippen LogP contribution in [0.15, 0.2) is 36.4 Å².